The molecule has 1 aliphatic rings. The Morgan fingerprint density at radius 1 is 1.30 bits per heavy atom. The Kier molecular flexibility index (Phi) is 6.73. The highest BCUT2D eigenvalue weighted by atomic mass is 79.9. The number of halogens is 3. The summed E-state index contributed by atoms with van der Waals surface area (Å²) in [6, 6.07) is 8.64. The fourth-order valence-corrected chi connectivity index (χ4v) is 3.63. The summed E-state index contributed by atoms with van der Waals surface area (Å²) in [4.78, 5) is 36.4. The maximum atomic E-state index is 13.8. The van der Waals surface area contributed by atoms with E-state index < -0.39 is 30.3 Å². The molecule has 0 atom stereocenters. The minimum absolute atomic E-state index is 0.0214. The molecule has 2 aromatic rings. The molecule has 3 amide bonds. The minimum Gasteiger partial charge on any atom is -0.486 e. The number of carbonyl (C=O) groups excluding carboxylic acids is 3. The lowest BCUT2D eigenvalue weighted by Gasteiger charge is -2.12. The fraction of sp³-hybridized carbons (Fsp3) is 0.150. The number of methoxy groups -OCH3 is 1. The number of benzene rings is 2. The molecule has 1 N–H and O–H groups in total. The van der Waals surface area contributed by atoms with Crippen LogP contribution in [0.4, 0.5) is 9.18 Å². The van der Waals surface area contributed by atoms with Gasteiger partial charge in [0.05, 0.1) is 16.6 Å². The van der Waals surface area contributed by atoms with Crippen LogP contribution in [0.3, 0.4) is 0 Å². The van der Waals surface area contributed by atoms with Gasteiger partial charge in [-0.3, -0.25) is 9.59 Å². The number of imide groups is 1. The normalized spacial score (nSPS) is 14.8. The van der Waals surface area contributed by atoms with Crippen LogP contribution in [-0.4, -0.2) is 36.5 Å². The van der Waals surface area contributed by atoms with Crippen molar-refractivity contribution < 1.29 is 28.2 Å². The van der Waals surface area contributed by atoms with Crippen LogP contribution in [0.15, 0.2) is 46.6 Å². The predicted octanol–water partition coefficient (Wildman–Crippen LogP) is 3.89. The summed E-state index contributed by atoms with van der Waals surface area (Å²) >= 11 is 9.63. The van der Waals surface area contributed by atoms with Gasteiger partial charge in [0, 0.05) is 5.56 Å². The summed E-state index contributed by atoms with van der Waals surface area (Å²) in [6.07, 6.45) is 1.41. The van der Waals surface area contributed by atoms with Gasteiger partial charge in [-0.2, -0.15) is 0 Å². The topological polar surface area (TPSA) is 84.9 Å². The molecular formula is C20H15BrClFN2O5. The second-order valence-electron chi connectivity index (χ2n) is 6.15. The zero-order valence-electron chi connectivity index (χ0n) is 15.6. The molecule has 3 rings (SSSR count). The first-order valence-electron chi connectivity index (χ1n) is 8.56. The van der Waals surface area contributed by atoms with E-state index in [0.29, 0.717) is 21.3 Å². The van der Waals surface area contributed by atoms with Crippen LogP contribution in [0.1, 0.15) is 11.1 Å². The van der Waals surface area contributed by atoms with Crippen molar-refractivity contribution in [2.45, 2.75) is 6.61 Å². The number of urea groups is 1. The molecule has 1 heterocycles. The monoisotopic (exact) mass is 496 g/mol. The Labute approximate surface area is 184 Å². The Morgan fingerprint density at radius 3 is 2.70 bits per heavy atom. The van der Waals surface area contributed by atoms with Gasteiger partial charge < -0.3 is 14.8 Å². The Hall–Kier alpha value is -2.91. The third-order valence-electron chi connectivity index (χ3n) is 4.14. The summed E-state index contributed by atoms with van der Waals surface area (Å²) in [5.74, 6) is -1.48. The average Bonchev–Trinajstić information content (AvgIpc) is 2.95. The number of carbonyl (C=O) groups is 3. The predicted molar refractivity (Wildman–Crippen MR) is 110 cm³/mol. The Morgan fingerprint density at radius 2 is 2.03 bits per heavy atom. The van der Waals surface area contributed by atoms with Gasteiger partial charge in [0.1, 0.15) is 24.7 Å². The zero-order chi connectivity index (χ0) is 21.8. The van der Waals surface area contributed by atoms with E-state index in [1.165, 1.54) is 18.2 Å². The Balaban J connectivity index is 1.78. The molecule has 0 aromatic heterocycles. The lowest BCUT2D eigenvalue weighted by Crippen LogP contribution is -2.36. The van der Waals surface area contributed by atoms with Crippen molar-refractivity contribution >= 4 is 51.5 Å². The molecular weight excluding hydrogens is 483 g/mol. The highest BCUT2D eigenvalue weighted by Crippen LogP contribution is 2.36. The van der Waals surface area contributed by atoms with Crippen molar-refractivity contribution in [2.24, 2.45) is 0 Å². The van der Waals surface area contributed by atoms with E-state index in [-0.39, 0.29) is 17.3 Å². The first-order valence-corrected chi connectivity index (χ1v) is 9.74. The van der Waals surface area contributed by atoms with Crippen molar-refractivity contribution in [3.63, 3.8) is 0 Å². The molecule has 2 aromatic carbocycles. The molecule has 0 saturated carbocycles. The van der Waals surface area contributed by atoms with Crippen LogP contribution in [0.5, 0.6) is 5.75 Å². The molecule has 0 bridgehead atoms. The second-order valence-corrected chi connectivity index (χ2v) is 7.41. The van der Waals surface area contributed by atoms with Gasteiger partial charge in [0.2, 0.25) is 0 Å². The van der Waals surface area contributed by atoms with E-state index in [9.17, 15) is 18.8 Å². The number of hydrogen-bond acceptors (Lipinski definition) is 5. The average molecular weight is 498 g/mol. The van der Waals surface area contributed by atoms with Gasteiger partial charge in [-0.15, -0.1) is 0 Å². The number of amides is 3. The van der Waals surface area contributed by atoms with Crippen molar-refractivity contribution in [1.29, 1.82) is 0 Å². The highest BCUT2D eigenvalue weighted by Gasteiger charge is 2.35. The maximum absolute atomic E-state index is 13.8. The summed E-state index contributed by atoms with van der Waals surface area (Å²) in [6.45, 7) is -0.520. The molecule has 1 fully saturated rings. The standard InChI is InChI=1S/C20H15BrClFN2O5/c1-29-17(26)9-25-19(27)16(24-20(25)28)8-11-6-13(21)18(14(22)7-11)30-10-12-4-2-3-5-15(12)23/h2-8H,9-10H2,1H3,(H,24,28)/b16-8+. The smallest absolute Gasteiger partial charge is 0.329 e. The van der Waals surface area contributed by atoms with Gasteiger partial charge in [-0.05, 0) is 45.8 Å². The van der Waals surface area contributed by atoms with E-state index in [1.54, 1.807) is 24.3 Å². The first-order chi connectivity index (χ1) is 14.3. The first kappa shape index (κ1) is 21.8. The van der Waals surface area contributed by atoms with Gasteiger partial charge in [0.15, 0.2) is 5.75 Å². The minimum atomic E-state index is -0.730. The molecule has 10 heteroatoms. The number of ether oxygens (including phenoxy) is 2. The van der Waals surface area contributed by atoms with Crippen molar-refractivity contribution in [2.75, 3.05) is 13.7 Å². The summed E-state index contributed by atoms with van der Waals surface area (Å²) < 4.78 is 24.3. The second kappa shape index (κ2) is 9.27. The van der Waals surface area contributed by atoms with Crippen LogP contribution in [0.25, 0.3) is 6.08 Å². The molecule has 30 heavy (non-hydrogen) atoms. The lowest BCUT2D eigenvalue weighted by atomic mass is 10.1. The summed E-state index contributed by atoms with van der Waals surface area (Å²) in [5.41, 5.74) is 0.845. The van der Waals surface area contributed by atoms with E-state index in [4.69, 9.17) is 16.3 Å². The molecule has 1 saturated heterocycles. The van der Waals surface area contributed by atoms with Crippen LogP contribution < -0.4 is 10.1 Å². The molecule has 0 aliphatic carbocycles. The fourth-order valence-electron chi connectivity index (χ4n) is 2.64. The molecule has 7 nitrogen and oxygen atoms in total. The molecule has 0 unspecified atom stereocenters. The number of nitrogens with zero attached hydrogens (tertiary/aromatic N) is 1. The van der Waals surface area contributed by atoms with Crippen LogP contribution in [0, 0.1) is 5.82 Å². The molecule has 1 aliphatic heterocycles. The summed E-state index contributed by atoms with van der Waals surface area (Å²) in [7, 11) is 1.16. The van der Waals surface area contributed by atoms with Gasteiger partial charge in [-0.25, -0.2) is 14.1 Å². The Bertz CT molecular complexity index is 1040. The molecule has 156 valence electrons. The van der Waals surface area contributed by atoms with E-state index >= 15 is 0 Å². The van der Waals surface area contributed by atoms with Gasteiger partial charge in [-0.1, -0.05) is 29.8 Å². The number of nitrogens with one attached hydrogen (secondary N) is 1. The van der Waals surface area contributed by atoms with Crippen molar-refractivity contribution in [1.82, 2.24) is 10.2 Å². The lowest BCUT2D eigenvalue weighted by molar-refractivity contribution is -0.143. The number of esters is 1. The third kappa shape index (κ3) is 4.80. The zero-order valence-corrected chi connectivity index (χ0v) is 17.9. The number of hydrogen-bond donors (Lipinski definition) is 1. The number of rotatable bonds is 6. The van der Waals surface area contributed by atoms with E-state index in [1.807, 2.05) is 0 Å². The van der Waals surface area contributed by atoms with Crippen LogP contribution >= 0.6 is 27.5 Å². The van der Waals surface area contributed by atoms with Crippen LogP contribution in [-0.2, 0) is 20.9 Å². The highest BCUT2D eigenvalue weighted by molar-refractivity contribution is 9.10. The molecule has 0 radical (unpaired) electrons. The maximum Gasteiger partial charge on any atom is 0.329 e. The summed E-state index contributed by atoms with van der Waals surface area (Å²) in [5, 5.41) is 2.62. The van der Waals surface area contributed by atoms with E-state index in [2.05, 4.69) is 26.0 Å². The van der Waals surface area contributed by atoms with Crippen molar-refractivity contribution in [3.05, 3.63) is 68.5 Å². The van der Waals surface area contributed by atoms with Crippen LogP contribution in [0.2, 0.25) is 5.02 Å². The van der Waals surface area contributed by atoms with E-state index in [0.717, 1.165) is 12.0 Å². The van der Waals surface area contributed by atoms with Crippen molar-refractivity contribution in [3.8, 4) is 5.75 Å². The SMILES string of the molecule is COC(=O)CN1C(=O)N/C(=C/c2cc(Cl)c(OCc3ccccc3F)c(Br)c2)C1=O. The van der Waals surface area contributed by atoms with Gasteiger partial charge in [0.25, 0.3) is 5.91 Å². The third-order valence-corrected chi connectivity index (χ3v) is 5.01. The quantitative estimate of drug-likeness (QED) is 0.372. The van der Waals surface area contributed by atoms with Gasteiger partial charge >= 0.3 is 12.0 Å². The molecule has 0 spiro atoms. The largest absolute Gasteiger partial charge is 0.486 e.